The van der Waals surface area contributed by atoms with Crippen LogP contribution in [-0.4, -0.2) is 53.7 Å². The van der Waals surface area contributed by atoms with Gasteiger partial charge in [0.05, 0.1) is 11.3 Å². The molecule has 6 nitrogen and oxygen atoms in total. The molecule has 0 spiro atoms. The average molecular weight is 250 g/mol. The minimum absolute atomic E-state index is 0.123. The summed E-state index contributed by atoms with van der Waals surface area (Å²) in [7, 11) is 0. The first-order valence-electron chi connectivity index (χ1n) is 6.08. The molecule has 0 amide bonds. The molecule has 1 fully saturated rings. The first-order chi connectivity index (χ1) is 8.63. The van der Waals surface area contributed by atoms with Gasteiger partial charge in [-0.25, -0.2) is 9.78 Å². The van der Waals surface area contributed by atoms with Crippen LogP contribution in [0.2, 0.25) is 0 Å². The third kappa shape index (κ3) is 2.38. The summed E-state index contributed by atoms with van der Waals surface area (Å²) in [6.45, 7) is 6.73. The van der Waals surface area contributed by atoms with E-state index in [4.69, 9.17) is 10.8 Å². The van der Waals surface area contributed by atoms with Crippen LogP contribution in [0.4, 0.5) is 11.5 Å². The molecule has 1 aliphatic rings. The minimum atomic E-state index is -1.01. The Morgan fingerprint density at radius 1 is 1.44 bits per heavy atom. The number of hydrogen-bond donors (Lipinski definition) is 2. The number of likely N-dealkylation sites (N-methyl/N-ethyl adjacent to an activating group) is 1. The Morgan fingerprint density at radius 2 is 2.11 bits per heavy atom. The number of piperazine rings is 1. The first-order valence-corrected chi connectivity index (χ1v) is 6.08. The van der Waals surface area contributed by atoms with Crippen LogP contribution in [0.3, 0.4) is 0 Å². The predicted molar refractivity (Wildman–Crippen MR) is 69.9 cm³/mol. The minimum Gasteiger partial charge on any atom is -0.478 e. The van der Waals surface area contributed by atoms with Gasteiger partial charge in [0.1, 0.15) is 0 Å². The lowest BCUT2D eigenvalue weighted by molar-refractivity contribution is 0.0698. The lowest BCUT2D eigenvalue weighted by Crippen LogP contribution is -2.46. The second kappa shape index (κ2) is 5.22. The molecule has 3 N–H and O–H groups in total. The highest BCUT2D eigenvalue weighted by Crippen LogP contribution is 2.24. The van der Waals surface area contributed by atoms with E-state index < -0.39 is 5.97 Å². The Kier molecular flexibility index (Phi) is 3.66. The van der Waals surface area contributed by atoms with Crippen LogP contribution in [0.25, 0.3) is 0 Å². The molecule has 0 saturated carbocycles. The lowest BCUT2D eigenvalue weighted by Gasteiger charge is -2.35. The number of carbonyl (C=O) groups is 1. The van der Waals surface area contributed by atoms with Crippen molar-refractivity contribution >= 4 is 17.5 Å². The number of rotatable bonds is 3. The van der Waals surface area contributed by atoms with Crippen molar-refractivity contribution < 1.29 is 9.90 Å². The van der Waals surface area contributed by atoms with Crippen molar-refractivity contribution in [3.63, 3.8) is 0 Å². The average Bonchev–Trinajstić information content (AvgIpc) is 2.39. The molecule has 1 aromatic rings. The van der Waals surface area contributed by atoms with Gasteiger partial charge in [0.2, 0.25) is 0 Å². The molecule has 6 heteroatoms. The molecule has 2 heterocycles. The van der Waals surface area contributed by atoms with Crippen LogP contribution >= 0.6 is 0 Å². The van der Waals surface area contributed by atoms with Gasteiger partial charge in [-0.3, -0.25) is 0 Å². The molecule has 0 aliphatic carbocycles. The molecule has 18 heavy (non-hydrogen) atoms. The van der Waals surface area contributed by atoms with Gasteiger partial charge in [-0.2, -0.15) is 0 Å². The number of hydrogen-bond acceptors (Lipinski definition) is 5. The molecular weight excluding hydrogens is 232 g/mol. The number of aromatic nitrogens is 1. The van der Waals surface area contributed by atoms with E-state index in [1.54, 1.807) is 0 Å². The molecular formula is C12H18N4O2. The van der Waals surface area contributed by atoms with Crippen molar-refractivity contribution in [2.24, 2.45) is 0 Å². The summed E-state index contributed by atoms with van der Waals surface area (Å²) in [5.41, 5.74) is 6.27. The second-order valence-electron chi connectivity index (χ2n) is 4.32. The normalized spacial score (nSPS) is 16.8. The molecule has 0 bridgehead atoms. The fourth-order valence-corrected chi connectivity index (χ4v) is 2.18. The lowest BCUT2D eigenvalue weighted by atomic mass is 10.2. The molecule has 1 aliphatic heterocycles. The maximum absolute atomic E-state index is 11.0. The van der Waals surface area contributed by atoms with Crippen molar-refractivity contribution in [1.29, 1.82) is 0 Å². The maximum Gasteiger partial charge on any atom is 0.337 e. The van der Waals surface area contributed by atoms with Gasteiger partial charge in [-0.1, -0.05) is 6.92 Å². The molecule has 0 aromatic carbocycles. The molecule has 1 aromatic heterocycles. The van der Waals surface area contributed by atoms with E-state index in [0.717, 1.165) is 32.7 Å². The molecule has 1 saturated heterocycles. The number of nitrogen functional groups attached to an aromatic ring is 1. The van der Waals surface area contributed by atoms with Crippen LogP contribution in [0.5, 0.6) is 0 Å². The quantitative estimate of drug-likeness (QED) is 0.813. The highest BCUT2D eigenvalue weighted by atomic mass is 16.4. The van der Waals surface area contributed by atoms with E-state index in [1.807, 2.05) is 4.90 Å². The highest BCUT2D eigenvalue weighted by Gasteiger charge is 2.21. The number of pyridine rings is 1. The molecule has 0 radical (unpaired) electrons. The summed E-state index contributed by atoms with van der Waals surface area (Å²) in [4.78, 5) is 19.6. The Hall–Kier alpha value is -1.82. The zero-order valence-corrected chi connectivity index (χ0v) is 10.5. The van der Waals surface area contributed by atoms with Crippen LogP contribution in [0, 0.1) is 0 Å². The number of carboxylic acid groups (broad SMARTS) is 1. The van der Waals surface area contributed by atoms with Crippen LogP contribution in [0.1, 0.15) is 17.3 Å². The fourth-order valence-electron chi connectivity index (χ4n) is 2.18. The van der Waals surface area contributed by atoms with Gasteiger partial charge in [-0.15, -0.1) is 0 Å². The van der Waals surface area contributed by atoms with Crippen molar-refractivity contribution in [3.05, 3.63) is 17.8 Å². The van der Waals surface area contributed by atoms with Gasteiger partial charge in [0, 0.05) is 32.4 Å². The molecule has 2 rings (SSSR count). The fraction of sp³-hybridized carbons (Fsp3) is 0.500. The maximum atomic E-state index is 11.0. The number of nitrogens with zero attached hydrogens (tertiary/aromatic N) is 3. The summed E-state index contributed by atoms with van der Waals surface area (Å²) < 4.78 is 0. The number of nitrogens with two attached hydrogens (primary N) is 1. The van der Waals surface area contributed by atoms with Crippen LogP contribution in [0.15, 0.2) is 12.3 Å². The monoisotopic (exact) mass is 250 g/mol. The second-order valence-corrected chi connectivity index (χ2v) is 4.32. The standard InChI is InChI=1S/C12H18N4O2/c1-2-15-5-7-16(8-6-15)11-10(13)9(12(17)18)3-4-14-11/h3-4H,2,5-8,13H2,1H3,(H,17,18). The smallest absolute Gasteiger partial charge is 0.337 e. The third-order valence-electron chi connectivity index (χ3n) is 3.32. The van der Waals surface area contributed by atoms with Crippen molar-refractivity contribution in [2.45, 2.75) is 6.92 Å². The SMILES string of the molecule is CCN1CCN(c2nccc(C(=O)O)c2N)CC1. The van der Waals surface area contributed by atoms with Gasteiger partial charge >= 0.3 is 5.97 Å². The predicted octanol–water partition coefficient (Wildman–Crippen LogP) is 0.504. The van der Waals surface area contributed by atoms with E-state index >= 15 is 0 Å². The Morgan fingerprint density at radius 3 is 2.67 bits per heavy atom. The van der Waals surface area contributed by atoms with E-state index in [2.05, 4.69) is 16.8 Å². The van der Waals surface area contributed by atoms with Crippen LogP contribution < -0.4 is 10.6 Å². The summed E-state index contributed by atoms with van der Waals surface area (Å²) >= 11 is 0. The largest absolute Gasteiger partial charge is 0.478 e. The van der Waals surface area contributed by atoms with Gasteiger partial charge in [0.25, 0.3) is 0 Å². The molecule has 0 atom stereocenters. The zero-order chi connectivity index (χ0) is 13.1. The number of carboxylic acids is 1. The van der Waals surface area contributed by atoms with Gasteiger partial charge in [0.15, 0.2) is 5.82 Å². The number of aromatic carboxylic acids is 1. The molecule has 98 valence electrons. The van der Waals surface area contributed by atoms with Gasteiger partial charge < -0.3 is 20.6 Å². The summed E-state index contributed by atoms with van der Waals surface area (Å²) in [5, 5.41) is 9.03. The van der Waals surface area contributed by atoms with Crippen molar-refractivity contribution in [2.75, 3.05) is 43.4 Å². The number of anilines is 2. The topological polar surface area (TPSA) is 82.7 Å². The molecule has 0 unspecified atom stereocenters. The van der Waals surface area contributed by atoms with Gasteiger partial charge in [-0.05, 0) is 12.6 Å². The Bertz CT molecular complexity index is 442. The summed E-state index contributed by atoms with van der Waals surface area (Å²) in [5.74, 6) is -0.422. The highest BCUT2D eigenvalue weighted by molar-refractivity contribution is 5.96. The first kappa shape index (κ1) is 12.6. The van der Waals surface area contributed by atoms with E-state index in [9.17, 15) is 4.79 Å². The van der Waals surface area contributed by atoms with Crippen molar-refractivity contribution in [1.82, 2.24) is 9.88 Å². The van der Waals surface area contributed by atoms with E-state index in [-0.39, 0.29) is 11.3 Å². The van der Waals surface area contributed by atoms with E-state index in [1.165, 1.54) is 12.3 Å². The summed E-state index contributed by atoms with van der Waals surface area (Å²) in [6.07, 6.45) is 1.50. The Balaban J connectivity index is 2.19. The summed E-state index contributed by atoms with van der Waals surface area (Å²) in [6, 6.07) is 1.43. The third-order valence-corrected chi connectivity index (χ3v) is 3.32. The van der Waals surface area contributed by atoms with Crippen molar-refractivity contribution in [3.8, 4) is 0 Å². The zero-order valence-electron chi connectivity index (χ0n) is 10.5. The van der Waals surface area contributed by atoms with E-state index in [0.29, 0.717) is 5.82 Å². The van der Waals surface area contributed by atoms with Crippen LogP contribution in [-0.2, 0) is 0 Å². The Labute approximate surface area is 106 Å².